The molecule has 0 saturated carbocycles. The summed E-state index contributed by atoms with van der Waals surface area (Å²) in [6, 6.07) is 0. The van der Waals surface area contributed by atoms with Crippen LogP contribution in [0.5, 0.6) is 0 Å². The third kappa shape index (κ3) is 6.08. The van der Waals surface area contributed by atoms with Gasteiger partial charge in [0.15, 0.2) is 9.84 Å². The molecule has 0 aliphatic rings. The summed E-state index contributed by atoms with van der Waals surface area (Å²) in [5, 5.41) is 3.12. The van der Waals surface area contributed by atoms with Crippen molar-refractivity contribution < 1.29 is 8.42 Å². The van der Waals surface area contributed by atoms with E-state index in [1.54, 1.807) is 25.6 Å². The molecule has 0 radical (unpaired) electrons. The van der Waals surface area contributed by atoms with Crippen molar-refractivity contribution in [1.29, 1.82) is 0 Å². The minimum absolute atomic E-state index is 0.475. The molecule has 0 bridgehead atoms. The molecule has 0 atom stereocenters. The van der Waals surface area contributed by atoms with Crippen molar-refractivity contribution in [3.8, 4) is 12.3 Å². The van der Waals surface area contributed by atoms with Gasteiger partial charge in [-0.05, 0) is 13.8 Å². The zero-order valence-corrected chi connectivity index (χ0v) is 11.2. The fourth-order valence-electron chi connectivity index (χ4n) is 0.796. The second kappa shape index (κ2) is 6.41. The molecule has 0 aromatic heterocycles. The van der Waals surface area contributed by atoms with Crippen LogP contribution in [0.2, 0.25) is 0 Å². The Kier molecular flexibility index (Phi) is 6.34. The summed E-state index contributed by atoms with van der Waals surface area (Å²) in [7, 11) is -3.00. The summed E-state index contributed by atoms with van der Waals surface area (Å²) < 4.78 is 22.0. The van der Waals surface area contributed by atoms with Gasteiger partial charge in [-0.3, -0.25) is 0 Å². The topological polar surface area (TPSA) is 46.2 Å². The van der Waals surface area contributed by atoms with Crippen LogP contribution in [0.1, 0.15) is 13.8 Å². The maximum atomic E-state index is 11.3. The van der Waals surface area contributed by atoms with E-state index in [-0.39, 0.29) is 0 Å². The molecule has 0 rings (SSSR count). The van der Waals surface area contributed by atoms with Gasteiger partial charge in [0, 0.05) is 25.1 Å². The van der Waals surface area contributed by atoms with Crippen LogP contribution in [0.15, 0.2) is 0 Å². The number of thioether (sulfide) groups is 1. The highest BCUT2D eigenvalue weighted by Crippen LogP contribution is 2.13. The Morgan fingerprint density at radius 2 is 2.07 bits per heavy atom. The second-order valence-electron chi connectivity index (χ2n) is 3.97. The van der Waals surface area contributed by atoms with Crippen molar-refractivity contribution in [2.45, 2.75) is 18.6 Å². The number of nitrogens with one attached hydrogen (secondary N) is 1. The van der Waals surface area contributed by atoms with Gasteiger partial charge >= 0.3 is 0 Å². The van der Waals surface area contributed by atoms with Crippen LogP contribution < -0.4 is 5.32 Å². The molecule has 5 heteroatoms. The van der Waals surface area contributed by atoms with Crippen molar-refractivity contribution in [3.05, 3.63) is 0 Å². The van der Waals surface area contributed by atoms with Crippen LogP contribution in [0, 0.1) is 12.3 Å². The molecular weight excluding hydrogens is 230 g/mol. The van der Waals surface area contributed by atoms with Crippen molar-refractivity contribution in [2.24, 2.45) is 0 Å². The number of terminal acetylenes is 1. The molecule has 1 N–H and O–H groups in total. The Labute approximate surface area is 97.3 Å². The molecule has 88 valence electrons. The largest absolute Gasteiger partial charge is 0.314 e. The summed E-state index contributed by atoms with van der Waals surface area (Å²) in [6.07, 6.45) is 6.36. The maximum absolute atomic E-state index is 11.3. The van der Waals surface area contributed by atoms with E-state index in [9.17, 15) is 8.42 Å². The lowest BCUT2D eigenvalue weighted by Crippen LogP contribution is -2.42. The molecule has 0 aliphatic heterocycles. The average Bonchev–Trinajstić information content (AvgIpc) is 2.09. The molecule has 0 aromatic carbocycles. The minimum atomic E-state index is -3.00. The van der Waals surface area contributed by atoms with Crippen molar-refractivity contribution in [2.75, 3.05) is 30.9 Å². The molecule has 0 unspecified atom stereocenters. The van der Waals surface area contributed by atoms with E-state index in [4.69, 9.17) is 6.42 Å². The van der Waals surface area contributed by atoms with Crippen LogP contribution in [0.25, 0.3) is 0 Å². The number of hydrogen-bond acceptors (Lipinski definition) is 4. The Balaban J connectivity index is 3.74. The first kappa shape index (κ1) is 14.8. The van der Waals surface area contributed by atoms with Gasteiger partial charge in [-0.15, -0.1) is 18.2 Å². The molecule has 0 amide bonds. The smallest absolute Gasteiger partial charge is 0.153 e. The molecule has 0 aromatic rings. The van der Waals surface area contributed by atoms with Gasteiger partial charge in [0.25, 0.3) is 0 Å². The van der Waals surface area contributed by atoms with Gasteiger partial charge in [0.05, 0.1) is 10.5 Å². The van der Waals surface area contributed by atoms with Crippen LogP contribution in [-0.2, 0) is 9.84 Å². The van der Waals surface area contributed by atoms with Gasteiger partial charge in [-0.25, -0.2) is 8.42 Å². The molecule has 0 heterocycles. The Bertz CT molecular complexity index is 315. The predicted molar refractivity (Wildman–Crippen MR) is 68.0 cm³/mol. The normalized spacial score (nSPS) is 12.4. The Morgan fingerprint density at radius 3 is 2.53 bits per heavy atom. The van der Waals surface area contributed by atoms with Gasteiger partial charge in [-0.1, -0.05) is 5.92 Å². The van der Waals surface area contributed by atoms with E-state index in [2.05, 4.69) is 11.2 Å². The molecular formula is C10H19NO2S2. The zero-order valence-electron chi connectivity index (χ0n) is 9.54. The predicted octanol–water partition coefficient (Wildman–Crippen LogP) is 0.766. The quantitative estimate of drug-likeness (QED) is 0.535. The van der Waals surface area contributed by atoms with E-state index in [0.717, 1.165) is 12.3 Å². The molecule has 0 fully saturated rings. The first-order valence-electron chi connectivity index (χ1n) is 4.73. The van der Waals surface area contributed by atoms with Crippen LogP contribution in [-0.4, -0.2) is 44.0 Å². The third-order valence-corrected chi connectivity index (χ3v) is 5.18. The second-order valence-corrected chi connectivity index (χ2v) is 7.72. The van der Waals surface area contributed by atoms with E-state index in [1.807, 2.05) is 0 Å². The van der Waals surface area contributed by atoms with E-state index in [1.165, 1.54) is 6.26 Å². The summed E-state index contributed by atoms with van der Waals surface area (Å²) in [4.78, 5) is 0. The van der Waals surface area contributed by atoms with Crippen LogP contribution in [0.3, 0.4) is 0 Å². The highest BCUT2D eigenvalue weighted by atomic mass is 32.2. The number of rotatable bonds is 7. The summed E-state index contributed by atoms with van der Waals surface area (Å²) >= 11 is 1.66. The van der Waals surface area contributed by atoms with Gasteiger partial charge in [0.2, 0.25) is 0 Å². The number of sulfone groups is 1. The first-order chi connectivity index (χ1) is 6.81. The van der Waals surface area contributed by atoms with Crippen LogP contribution >= 0.6 is 11.8 Å². The Hall–Kier alpha value is -0.180. The van der Waals surface area contributed by atoms with Gasteiger partial charge < -0.3 is 5.32 Å². The van der Waals surface area contributed by atoms with Crippen LogP contribution in [0.4, 0.5) is 0 Å². The molecule has 0 saturated heterocycles. The summed E-state index contributed by atoms with van der Waals surface area (Å²) in [6.45, 7) is 4.71. The lowest BCUT2D eigenvalue weighted by Gasteiger charge is -2.22. The zero-order chi connectivity index (χ0) is 11.9. The fraction of sp³-hybridized carbons (Fsp3) is 0.800. The van der Waals surface area contributed by atoms with E-state index < -0.39 is 14.6 Å². The standard InChI is InChI=1S/C10H19NO2S2/c1-5-7-14-8-6-11-9-10(2,3)15(4,12)13/h1,11H,6-9H2,2-4H3. The monoisotopic (exact) mass is 249 g/mol. The van der Waals surface area contributed by atoms with Crippen molar-refractivity contribution in [1.82, 2.24) is 5.32 Å². The van der Waals surface area contributed by atoms with Crippen molar-refractivity contribution in [3.63, 3.8) is 0 Å². The molecule has 0 spiro atoms. The lowest BCUT2D eigenvalue weighted by molar-refractivity contribution is 0.528. The fourth-order valence-corrected chi connectivity index (χ4v) is 1.71. The SMILES string of the molecule is C#CCSCCNCC(C)(C)S(C)(=O)=O. The van der Waals surface area contributed by atoms with Gasteiger partial charge in [-0.2, -0.15) is 0 Å². The highest BCUT2D eigenvalue weighted by Gasteiger charge is 2.29. The van der Waals surface area contributed by atoms with Gasteiger partial charge in [0.1, 0.15) is 0 Å². The highest BCUT2D eigenvalue weighted by molar-refractivity contribution is 7.99. The Morgan fingerprint density at radius 1 is 1.47 bits per heavy atom. The average molecular weight is 249 g/mol. The number of hydrogen-bond donors (Lipinski definition) is 1. The third-order valence-electron chi connectivity index (χ3n) is 2.16. The minimum Gasteiger partial charge on any atom is -0.314 e. The summed E-state index contributed by atoms with van der Waals surface area (Å²) in [5.41, 5.74) is 0. The van der Waals surface area contributed by atoms with E-state index in [0.29, 0.717) is 12.3 Å². The molecule has 3 nitrogen and oxygen atoms in total. The first-order valence-corrected chi connectivity index (χ1v) is 7.77. The maximum Gasteiger partial charge on any atom is 0.153 e. The molecule has 0 aliphatic carbocycles. The van der Waals surface area contributed by atoms with Crippen molar-refractivity contribution >= 4 is 21.6 Å². The summed E-state index contributed by atoms with van der Waals surface area (Å²) in [5.74, 6) is 4.15. The molecule has 15 heavy (non-hydrogen) atoms. The van der Waals surface area contributed by atoms with E-state index >= 15 is 0 Å². The lowest BCUT2D eigenvalue weighted by atomic mass is 10.2.